The number of nitrogens with zero attached hydrogens (tertiary/aromatic N) is 2. The molecule has 1 saturated heterocycles. The first-order valence-electron chi connectivity index (χ1n) is 5.09. The van der Waals surface area contributed by atoms with E-state index in [2.05, 4.69) is 9.72 Å². The zero-order chi connectivity index (χ0) is 12.3. The monoisotopic (exact) mass is 248 g/mol. The number of hydrogen-bond acceptors (Lipinski definition) is 4. The Balaban J connectivity index is 2.02. The molecule has 0 aliphatic carbocycles. The molecule has 0 bridgehead atoms. The van der Waals surface area contributed by atoms with Gasteiger partial charge in [-0.15, -0.1) is 13.2 Å². The van der Waals surface area contributed by atoms with Gasteiger partial charge < -0.3 is 14.4 Å². The Kier molecular flexibility index (Phi) is 3.37. The maximum Gasteiger partial charge on any atom is 0.573 e. The number of ether oxygens (including phenoxy) is 2. The normalized spacial score (nSPS) is 17.0. The molecule has 0 atom stereocenters. The van der Waals surface area contributed by atoms with Crippen LogP contribution < -0.4 is 9.64 Å². The Morgan fingerprint density at radius 3 is 2.47 bits per heavy atom. The summed E-state index contributed by atoms with van der Waals surface area (Å²) in [6, 6.07) is 2.76. The number of pyridine rings is 1. The predicted molar refractivity (Wildman–Crippen MR) is 54.0 cm³/mol. The van der Waals surface area contributed by atoms with Gasteiger partial charge in [-0.3, -0.25) is 0 Å². The molecule has 1 aliphatic rings. The number of aromatic nitrogens is 1. The Hall–Kier alpha value is -1.50. The van der Waals surface area contributed by atoms with Crippen molar-refractivity contribution >= 4 is 5.82 Å². The number of alkyl halides is 3. The second-order valence-electron chi connectivity index (χ2n) is 3.50. The third kappa shape index (κ3) is 3.48. The second kappa shape index (κ2) is 4.79. The van der Waals surface area contributed by atoms with Gasteiger partial charge in [-0.25, -0.2) is 4.98 Å². The Morgan fingerprint density at radius 1 is 1.24 bits per heavy atom. The fourth-order valence-electron chi connectivity index (χ4n) is 1.55. The summed E-state index contributed by atoms with van der Waals surface area (Å²) in [6.45, 7) is 2.57. The van der Waals surface area contributed by atoms with Crippen LogP contribution in [0, 0.1) is 0 Å². The minimum Gasteiger partial charge on any atom is -0.404 e. The molecule has 1 aromatic heterocycles. The van der Waals surface area contributed by atoms with Crippen molar-refractivity contribution in [2.45, 2.75) is 6.36 Å². The Morgan fingerprint density at radius 2 is 1.94 bits per heavy atom. The molecule has 0 spiro atoms. The lowest BCUT2D eigenvalue weighted by Crippen LogP contribution is -2.36. The minimum absolute atomic E-state index is 0.311. The summed E-state index contributed by atoms with van der Waals surface area (Å²) in [5.74, 6) is 0.317. The standard InChI is InChI=1S/C10H11F3N2O2/c11-10(12,13)17-8-1-2-9(14-7-8)15-3-5-16-6-4-15/h1-2,7H,3-6H2. The van der Waals surface area contributed by atoms with Gasteiger partial charge in [0.1, 0.15) is 11.6 Å². The van der Waals surface area contributed by atoms with Gasteiger partial charge in [-0.05, 0) is 12.1 Å². The molecule has 0 saturated carbocycles. The van der Waals surface area contributed by atoms with Crippen molar-refractivity contribution in [2.75, 3.05) is 31.2 Å². The third-order valence-electron chi connectivity index (χ3n) is 2.29. The van der Waals surface area contributed by atoms with Gasteiger partial charge in [0.15, 0.2) is 0 Å². The van der Waals surface area contributed by atoms with Crippen LogP contribution in [0.3, 0.4) is 0 Å². The quantitative estimate of drug-likeness (QED) is 0.799. The SMILES string of the molecule is FC(F)(F)Oc1ccc(N2CCOCC2)nc1. The molecular formula is C10H11F3N2O2. The zero-order valence-corrected chi connectivity index (χ0v) is 8.91. The number of anilines is 1. The van der Waals surface area contributed by atoms with Crippen LogP contribution >= 0.6 is 0 Å². The van der Waals surface area contributed by atoms with E-state index in [1.165, 1.54) is 12.1 Å². The first kappa shape index (κ1) is 12.0. The molecule has 17 heavy (non-hydrogen) atoms. The van der Waals surface area contributed by atoms with Crippen LogP contribution in [0.15, 0.2) is 18.3 Å². The maximum absolute atomic E-state index is 11.9. The molecule has 1 aromatic rings. The van der Waals surface area contributed by atoms with Crippen LogP contribution in [-0.4, -0.2) is 37.6 Å². The van der Waals surface area contributed by atoms with E-state index in [-0.39, 0.29) is 5.75 Å². The van der Waals surface area contributed by atoms with Crippen molar-refractivity contribution in [3.63, 3.8) is 0 Å². The molecule has 4 nitrogen and oxygen atoms in total. The highest BCUT2D eigenvalue weighted by atomic mass is 19.4. The average Bonchev–Trinajstić information content (AvgIpc) is 2.29. The van der Waals surface area contributed by atoms with Crippen LogP contribution in [0.4, 0.5) is 19.0 Å². The molecule has 0 N–H and O–H groups in total. The molecule has 0 aromatic carbocycles. The van der Waals surface area contributed by atoms with Gasteiger partial charge in [0, 0.05) is 13.1 Å². The highest BCUT2D eigenvalue weighted by molar-refractivity contribution is 5.41. The van der Waals surface area contributed by atoms with Crippen molar-refractivity contribution in [1.29, 1.82) is 0 Å². The van der Waals surface area contributed by atoms with E-state index < -0.39 is 6.36 Å². The van der Waals surface area contributed by atoms with E-state index in [1.54, 1.807) is 0 Å². The highest BCUT2D eigenvalue weighted by Gasteiger charge is 2.31. The predicted octanol–water partition coefficient (Wildman–Crippen LogP) is 1.82. The molecule has 0 unspecified atom stereocenters. The second-order valence-corrected chi connectivity index (χ2v) is 3.50. The van der Waals surface area contributed by atoms with E-state index >= 15 is 0 Å². The maximum atomic E-state index is 11.9. The fourth-order valence-corrected chi connectivity index (χ4v) is 1.55. The lowest BCUT2D eigenvalue weighted by Gasteiger charge is -2.27. The van der Waals surface area contributed by atoms with Gasteiger partial charge in [-0.2, -0.15) is 0 Å². The van der Waals surface area contributed by atoms with Crippen LogP contribution in [0.5, 0.6) is 5.75 Å². The number of rotatable bonds is 2. The summed E-state index contributed by atoms with van der Waals surface area (Å²) in [4.78, 5) is 5.88. The number of hydrogen-bond donors (Lipinski definition) is 0. The smallest absolute Gasteiger partial charge is 0.404 e. The molecule has 1 aliphatic heterocycles. The van der Waals surface area contributed by atoms with E-state index in [0.29, 0.717) is 32.1 Å². The summed E-state index contributed by atoms with van der Waals surface area (Å²) in [5, 5.41) is 0. The molecule has 0 amide bonds. The Bertz CT molecular complexity index is 361. The van der Waals surface area contributed by atoms with Gasteiger partial charge >= 0.3 is 6.36 Å². The summed E-state index contributed by atoms with van der Waals surface area (Å²) >= 11 is 0. The van der Waals surface area contributed by atoms with Gasteiger partial charge in [0.05, 0.1) is 19.4 Å². The first-order chi connectivity index (χ1) is 8.04. The number of halogens is 3. The van der Waals surface area contributed by atoms with Crippen molar-refractivity contribution in [3.8, 4) is 5.75 Å². The molecule has 2 heterocycles. The fraction of sp³-hybridized carbons (Fsp3) is 0.500. The molecule has 7 heteroatoms. The minimum atomic E-state index is -4.68. The van der Waals surface area contributed by atoms with E-state index in [1.807, 2.05) is 4.90 Å². The van der Waals surface area contributed by atoms with Gasteiger partial charge in [0.2, 0.25) is 0 Å². The van der Waals surface area contributed by atoms with E-state index in [9.17, 15) is 13.2 Å². The molecular weight excluding hydrogens is 237 g/mol. The average molecular weight is 248 g/mol. The van der Waals surface area contributed by atoms with Crippen LogP contribution in [0.25, 0.3) is 0 Å². The largest absolute Gasteiger partial charge is 0.573 e. The molecule has 0 radical (unpaired) electrons. The van der Waals surface area contributed by atoms with Crippen molar-refractivity contribution in [2.24, 2.45) is 0 Å². The zero-order valence-electron chi connectivity index (χ0n) is 8.91. The molecule has 94 valence electrons. The van der Waals surface area contributed by atoms with Gasteiger partial charge in [0.25, 0.3) is 0 Å². The molecule has 1 fully saturated rings. The summed E-state index contributed by atoms with van der Waals surface area (Å²) in [7, 11) is 0. The van der Waals surface area contributed by atoms with E-state index in [4.69, 9.17) is 4.74 Å². The molecule has 2 rings (SSSR count). The summed E-state index contributed by atoms with van der Waals surface area (Å²) < 4.78 is 44.7. The van der Waals surface area contributed by atoms with Crippen LogP contribution in [0.2, 0.25) is 0 Å². The van der Waals surface area contributed by atoms with Crippen molar-refractivity contribution in [3.05, 3.63) is 18.3 Å². The first-order valence-corrected chi connectivity index (χ1v) is 5.09. The van der Waals surface area contributed by atoms with Crippen molar-refractivity contribution in [1.82, 2.24) is 4.98 Å². The van der Waals surface area contributed by atoms with Gasteiger partial charge in [-0.1, -0.05) is 0 Å². The summed E-state index contributed by atoms with van der Waals surface area (Å²) in [5.41, 5.74) is 0. The van der Waals surface area contributed by atoms with Crippen molar-refractivity contribution < 1.29 is 22.6 Å². The van der Waals surface area contributed by atoms with Crippen LogP contribution in [0.1, 0.15) is 0 Å². The lowest BCUT2D eigenvalue weighted by molar-refractivity contribution is -0.274. The topological polar surface area (TPSA) is 34.6 Å². The number of morpholine rings is 1. The van der Waals surface area contributed by atoms with E-state index in [0.717, 1.165) is 6.20 Å². The van der Waals surface area contributed by atoms with Crippen LogP contribution in [-0.2, 0) is 4.74 Å². The summed E-state index contributed by atoms with van der Waals surface area (Å²) in [6.07, 6.45) is -3.61. The third-order valence-corrected chi connectivity index (χ3v) is 2.29. The highest BCUT2D eigenvalue weighted by Crippen LogP contribution is 2.23. The lowest BCUT2D eigenvalue weighted by atomic mass is 10.3. The Labute approximate surface area is 96.0 Å².